The molecule has 0 saturated heterocycles. The quantitative estimate of drug-likeness (QED) is 0.350. The third kappa shape index (κ3) is 5.75. The van der Waals surface area contributed by atoms with E-state index in [0.29, 0.717) is 5.57 Å². The van der Waals surface area contributed by atoms with Crippen molar-refractivity contribution < 1.29 is 23.8 Å². The van der Waals surface area contributed by atoms with Crippen LogP contribution >= 0.6 is 11.6 Å². The number of methoxy groups -OCH3 is 3. The van der Waals surface area contributed by atoms with E-state index in [9.17, 15) is 9.59 Å². The van der Waals surface area contributed by atoms with Gasteiger partial charge >= 0.3 is 11.9 Å². The van der Waals surface area contributed by atoms with Crippen molar-refractivity contribution in [2.45, 2.75) is 13.8 Å². The molecule has 0 fully saturated rings. The van der Waals surface area contributed by atoms with Gasteiger partial charge in [-0.2, -0.15) is 0 Å². The number of benzene rings is 1. The van der Waals surface area contributed by atoms with E-state index in [1.165, 1.54) is 14.2 Å². The molecule has 0 atom stereocenters. The van der Waals surface area contributed by atoms with Crippen molar-refractivity contribution in [1.29, 1.82) is 0 Å². The predicted octanol–water partition coefficient (Wildman–Crippen LogP) is 5.91. The van der Waals surface area contributed by atoms with E-state index < -0.39 is 11.9 Å². The Hall–Kier alpha value is -3.57. The second kappa shape index (κ2) is 11.7. The molecular formula is C29H29ClO5. The van der Waals surface area contributed by atoms with Gasteiger partial charge in [0.25, 0.3) is 0 Å². The van der Waals surface area contributed by atoms with Crippen molar-refractivity contribution in [1.82, 2.24) is 0 Å². The first-order chi connectivity index (χ1) is 16.8. The highest BCUT2D eigenvalue weighted by atomic mass is 35.5. The Bertz CT molecular complexity index is 1220. The van der Waals surface area contributed by atoms with Crippen LogP contribution in [0.3, 0.4) is 0 Å². The van der Waals surface area contributed by atoms with E-state index in [1.807, 2.05) is 54.6 Å². The molecule has 0 heterocycles. The molecule has 0 spiro atoms. The molecule has 1 aromatic carbocycles. The van der Waals surface area contributed by atoms with Gasteiger partial charge in [-0.3, -0.25) is 0 Å². The van der Waals surface area contributed by atoms with E-state index in [1.54, 1.807) is 19.3 Å². The average Bonchev–Trinajstić information content (AvgIpc) is 3.16. The first kappa shape index (κ1) is 26.0. The minimum absolute atomic E-state index is 0.108. The van der Waals surface area contributed by atoms with Gasteiger partial charge in [0.15, 0.2) is 0 Å². The van der Waals surface area contributed by atoms with Crippen molar-refractivity contribution >= 4 is 29.6 Å². The van der Waals surface area contributed by atoms with Gasteiger partial charge in [-0.05, 0) is 52.0 Å². The molecule has 182 valence electrons. The SMILES string of the molecule is COC(=O)C1=C(C(=O)OC)C2=C(/C=C/c3ccc(OC)cc3)C=CC(C(C)C)=CC2=C(CCl)C=C1. The molecule has 3 rings (SSSR count). The molecule has 5 nitrogen and oxygen atoms in total. The number of hydrogen-bond acceptors (Lipinski definition) is 5. The lowest BCUT2D eigenvalue weighted by molar-refractivity contribution is -0.138. The molecule has 6 heteroatoms. The summed E-state index contributed by atoms with van der Waals surface area (Å²) in [6.45, 7) is 4.19. The molecular weight excluding hydrogens is 464 g/mol. The fourth-order valence-corrected chi connectivity index (χ4v) is 4.08. The molecule has 0 aliphatic heterocycles. The summed E-state index contributed by atoms with van der Waals surface area (Å²) in [5.74, 6) is -0.1000. The second-order valence-electron chi connectivity index (χ2n) is 8.25. The number of halogens is 1. The second-order valence-corrected chi connectivity index (χ2v) is 8.51. The first-order valence-electron chi connectivity index (χ1n) is 11.2. The zero-order valence-corrected chi connectivity index (χ0v) is 21.3. The maximum Gasteiger partial charge on any atom is 0.339 e. The molecule has 2 aliphatic carbocycles. The van der Waals surface area contributed by atoms with E-state index in [-0.39, 0.29) is 22.9 Å². The van der Waals surface area contributed by atoms with Crippen LogP contribution in [0, 0.1) is 5.92 Å². The summed E-state index contributed by atoms with van der Waals surface area (Å²) >= 11 is 6.36. The molecule has 0 unspecified atom stereocenters. The summed E-state index contributed by atoms with van der Waals surface area (Å²) in [6, 6.07) is 7.62. The summed E-state index contributed by atoms with van der Waals surface area (Å²) in [7, 11) is 4.19. The smallest absolute Gasteiger partial charge is 0.339 e. The Balaban J connectivity index is 2.36. The van der Waals surface area contributed by atoms with Crippen LogP contribution in [0.4, 0.5) is 0 Å². The lowest BCUT2D eigenvalue weighted by atomic mass is 9.88. The Morgan fingerprint density at radius 2 is 1.60 bits per heavy atom. The largest absolute Gasteiger partial charge is 0.497 e. The van der Waals surface area contributed by atoms with Crippen LogP contribution in [0.15, 0.2) is 99.7 Å². The lowest BCUT2D eigenvalue weighted by Crippen LogP contribution is -2.16. The van der Waals surface area contributed by atoms with Crippen molar-refractivity contribution in [3.05, 3.63) is 105 Å². The van der Waals surface area contributed by atoms with E-state index in [4.69, 9.17) is 25.8 Å². The number of allylic oxidation sites excluding steroid dienone is 9. The van der Waals surface area contributed by atoms with Gasteiger partial charge in [-0.15, -0.1) is 11.6 Å². The maximum absolute atomic E-state index is 13.1. The van der Waals surface area contributed by atoms with Gasteiger partial charge < -0.3 is 14.2 Å². The zero-order valence-electron chi connectivity index (χ0n) is 20.6. The van der Waals surface area contributed by atoms with Gasteiger partial charge in [-0.25, -0.2) is 9.59 Å². The van der Waals surface area contributed by atoms with Gasteiger partial charge in [0.05, 0.1) is 32.5 Å². The number of ether oxygens (including phenoxy) is 3. The number of carbonyl (C=O) groups is 2. The summed E-state index contributed by atoms with van der Waals surface area (Å²) in [5.41, 5.74) is 5.08. The molecule has 0 amide bonds. The number of hydrogen-bond donors (Lipinski definition) is 0. The summed E-state index contributed by atoms with van der Waals surface area (Å²) in [4.78, 5) is 25.9. The molecule has 2 aliphatic rings. The topological polar surface area (TPSA) is 61.8 Å². The standard InChI is InChI=1S/C29H29ClO5/c1-18(2)21-11-10-20(9-6-19-7-13-23(33-3)14-8-19)26-25(16-21)22(17-30)12-15-24(28(31)34-4)27(26)29(32)35-5/h6-16,18H,17H2,1-5H3/b9-6+. The highest BCUT2D eigenvalue weighted by Crippen LogP contribution is 2.38. The van der Waals surface area contributed by atoms with Crippen LogP contribution in [0.5, 0.6) is 5.75 Å². The number of carbonyl (C=O) groups excluding carboxylic acids is 2. The zero-order chi connectivity index (χ0) is 25.5. The third-order valence-electron chi connectivity index (χ3n) is 5.82. The molecule has 0 radical (unpaired) electrons. The molecule has 0 aromatic heterocycles. The molecule has 0 N–H and O–H groups in total. The highest BCUT2D eigenvalue weighted by Gasteiger charge is 2.31. The van der Waals surface area contributed by atoms with E-state index in [0.717, 1.165) is 33.6 Å². The van der Waals surface area contributed by atoms with Gasteiger partial charge in [0.2, 0.25) is 0 Å². The first-order valence-corrected chi connectivity index (χ1v) is 11.7. The van der Waals surface area contributed by atoms with Crippen LogP contribution in [-0.2, 0) is 19.1 Å². The summed E-state index contributed by atoms with van der Waals surface area (Å²) in [5, 5.41) is 0. The minimum atomic E-state index is -0.636. The summed E-state index contributed by atoms with van der Waals surface area (Å²) in [6.07, 6.45) is 13.2. The molecule has 1 aromatic rings. The fraction of sp³-hybridized carbons (Fsp3) is 0.241. The highest BCUT2D eigenvalue weighted by molar-refractivity contribution is 6.20. The van der Waals surface area contributed by atoms with Crippen LogP contribution in [0.25, 0.3) is 6.08 Å². The molecule has 0 saturated carbocycles. The van der Waals surface area contributed by atoms with E-state index >= 15 is 0 Å². The van der Waals surface area contributed by atoms with Crippen LogP contribution in [0.1, 0.15) is 19.4 Å². The van der Waals surface area contributed by atoms with Crippen LogP contribution in [0.2, 0.25) is 0 Å². The Labute approximate surface area is 211 Å². The Morgan fingerprint density at radius 3 is 2.17 bits per heavy atom. The van der Waals surface area contributed by atoms with Gasteiger partial charge in [0.1, 0.15) is 5.75 Å². The van der Waals surface area contributed by atoms with Gasteiger partial charge in [-0.1, -0.05) is 62.4 Å². The number of esters is 2. The number of alkyl halides is 1. The van der Waals surface area contributed by atoms with Gasteiger partial charge in [0, 0.05) is 11.5 Å². The Kier molecular flexibility index (Phi) is 8.72. The van der Waals surface area contributed by atoms with Crippen molar-refractivity contribution in [2.75, 3.05) is 27.2 Å². The molecule has 35 heavy (non-hydrogen) atoms. The van der Waals surface area contributed by atoms with Crippen LogP contribution < -0.4 is 4.74 Å². The summed E-state index contributed by atoms with van der Waals surface area (Å²) < 4.78 is 15.4. The van der Waals surface area contributed by atoms with E-state index in [2.05, 4.69) is 13.8 Å². The minimum Gasteiger partial charge on any atom is -0.497 e. The van der Waals surface area contributed by atoms with Crippen molar-refractivity contribution in [3.63, 3.8) is 0 Å². The van der Waals surface area contributed by atoms with Crippen molar-refractivity contribution in [2.24, 2.45) is 5.92 Å². The maximum atomic E-state index is 13.1. The fourth-order valence-electron chi connectivity index (χ4n) is 3.85. The lowest BCUT2D eigenvalue weighted by Gasteiger charge is -2.17. The normalized spacial score (nSPS) is 15.8. The number of fused-ring (bicyclic) bond motifs is 1. The van der Waals surface area contributed by atoms with Crippen molar-refractivity contribution in [3.8, 4) is 5.75 Å². The third-order valence-corrected chi connectivity index (χ3v) is 6.11. The number of rotatable bonds is 7. The Morgan fingerprint density at radius 1 is 0.914 bits per heavy atom. The monoisotopic (exact) mass is 492 g/mol. The predicted molar refractivity (Wildman–Crippen MR) is 139 cm³/mol. The van der Waals surface area contributed by atoms with Crippen LogP contribution in [-0.4, -0.2) is 39.1 Å². The average molecular weight is 493 g/mol. The molecule has 0 bridgehead atoms.